The zero-order valence-corrected chi connectivity index (χ0v) is 13.2. The largest absolute Gasteiger partial charge is 0.381 e. The average molecular weight is 295 g/mol. The van der Waals surface area contributed by atoms with Crippen LogP contribution in [0.2, 0.25) is 0 Å². The molecule has 0 aromatic carbocycles. The normalized spacial score (nSPS) is 25.3. The van der Waals surface area contributed by atoms with Crippen molar-refractivity contribution in [3.05, 3.63) is 11.7 Å². The SMILES string of the molecule is COC1(c2noc(CN3CCC(C)(C)C3)n2)CCOCC1. The van der Waals surface area contributed by atoms with Crippen LogP contribution in [0.3, 0.4) is 0 Å². The predicted molar refractivity (Wildman–Crippen MR) is 76.7 cm³/mol. The molecule has 118 valence electrons. The van der Waals surface area contributed by atoms with Gasteiger partial charge in [-0.15, -0.1) is 0 Å². The molecule has 2 aliphatic heterocycles. The molecule has 3 rings (SSSR count). The molecule has 6 heteroatoms. The van der Waals surface area contributed by atoms with E-state index in [1.165, 1.54) is 6.42 Å². The summed E-state index contributed by atoms with van der Waals surface area (Å²) in [7, 11) is 1.71. The molecule has 1 aromatic rings. The Balaban J connectivity index is 1.68. The Labute approximate surface area is 125 Å². The van der Waals surface area contributed by atoms with E-state index in [1.807, 2.05) is 0 Å². The number of hydrogen-bond donors (Lipinski definition) is 0. The van der Waals surface area contributed by atoms with Crippen LogP contribution in [-0.2, 0) is 21.6 Å². The Hall–Kier alpha value is -0.980. The molecule has 0 bridgehead atoms. The third-order valence-electron chi connectivity index (χ3n) is 4.68. The first-order chi connectivity index (χ1) is 10.0. The molecule has 0 radical (unpaired) electrons. The molecular weight excluding hydrogens is 270 g/mol. The number of nitrogens with zero attached hydrogens (tertiary/aromatic N) is 3. The van der Waals surface area contributed by atoms with Crippen LogP contribution in [0.5, 0.6) is 0 Å². The molecule has 2 fully saturated rings. The molecule has 0 aliphatic carbocycles. The summed E-state index contributed by atoms with van der Waals surface area (Å²) in [5, 5.41) is 4.17. The number of likely N-dealkylation sites (tertiary alicyclic amines) is 1. The Morgan fingerprint density at radius 3 is 2.62 bits per heavy atom. The van der Waals surface area contributed by atoms with Crippen molar-refractivity contribution in [2.24, 2.45) is 5.41 Å². The van der Waals surface area contributed by atoms with E-state index in [9.17, 15) is 0 Å². The second kappa shape index (κ2) is 5.66. The van der Waals surface area contributed by atoms with Crippen molar-refractivity contribution >= 4 is 0 Å². The lowest BCUT2D eigenvalue weighted by molar-refractivity contribution is -0.101. The lowest BCUT2D eigenvalue weighted by atomic mass is 9.93. The highest BCUT2D eigenvalue weighted by Gasteiger charge is 2.39. The fraction of sp³-hybridized carbons (Fsp3) is 0.867. The molecular formula is C15H25N3O3. The van der Waals surface area contributed by atoms with Gasteiger partial charge in [-0.25, -0.2) is 0 Å². The summed E-state index contributed by atoms with van der Waals surface area (Å²) < 4.78 is 16.6. The molecule has 0 spiro atoms. The lowest BCUT2D eigenvalue weighted by Gasteiger charge is -2.32. The van der Waals surface area contributed by atoms with E-state index in [0.717, 1.165) is 32.5 Å². The van der Waals surface area contributed by atoms with Gasteiger partial charge in [-0.2, -0.15) is 4.98 Å². The highest BCUT2D eigenvalue weighted by atomic mass is 16.5. The van der Waals surface area contributed by atoms with Crippen LogP contribution in [0.15, 0.2) is 4.52 Å². The highest BCUT2D eigenvalue weighted by molar-refractivity contribution is 5.03. The topological polar surface area (TPSA) is 60.6 Å². The van der Waals surface area contributed by atoms with Crippen molar-refractivity contribution in [3.63, 3.8) is 0 Å². The average Bonchev–Trinajstić information content (AvgIpc) is 3.07. The number of aromatic nitrogens is 2. The number of ether oxygens (including phenoxy) is 2. The van der Waals surface area contributed by atoms with Gasteiger partial charge in [0.15, 0.2) is 0 Å². The minimum absolute atomic E-state index is 0.386. The van der Waals surface area contributed by atoms with Crippen molar-refractivity contribution < 1.29 is 14.0 Å². The molecule has 3 heterocycles. The van der Waals surface area contributed by atoms with E-state index in [2.05, 4.69) is 28.9 Å². The zero-order valence-electron chi connectivity index (χ0n) is 13.2. The van der Waals surface area contributed by atoms with Crippen LogP contribution in [0, 0.1) is 5.41 Å². The van der Waals surface area contributed by atoms with E-state index in [-0.39, 0.29) is 0 Å². The van der Waals surface area contributed by atoms with Crippen LogP contribution in [-0.4, -0.2) is 48.5 Å². The number of hydrogen-bond acceptors (Lipinski definition) is 6. The van der Waals surface area contributed by atoms with Crippen LogP contribution >= 0.6 is 0 Å². The van der Waals surface area contributed by atoms with E-state index in [1.54, 1.807) is 7.11 Å². The van der Waals surface area contributed by atoms with Gasteiger partial charge >= 0.3 is 0 Å². The molecule has 0 saturated carbocycles. The zero-order chi connectivity index (χ0) is 14.9. The third-order valence-corrected chi connectivity index (χ3v) is 4.68. The summed E-state index contributed by atoms with van der Waals surface area (Å²) in [6, 6.07) is 0. The summed E-state index contributed by atoms with van der Waals surface area (Å²) in [6.07, 6.45) is 2.77. The highest BCUT2D eigenvalue weighted by Crippen LogP contribution is 2.34. The minimum Gasteiger partial charge on any atom is -0.381 e. The molecule has 21 heavy (non-hydrogen) atoms. The van der Waals surface area contributed by atoms with Crippen molar-refractivity contribution in [2.75, 3.05) is 33.4 Å². The summed E-state index contributed by atoms with van der Waals surface area (Å²) >= 11 is 0. The van der Waals surface area contributed by atoms with E-state index in [0.29, 0.717) is 30.3 Å². The minimum atomic E-state index is -0.440. The van der Waals surface area contributed by atoms with Gasteiger partial charge in [-0.3, -0.25) is 4.90 Å². The number of rotatable bonds is 4. The molecule has 6 nitrogen and oxygen atoms in total. The fourth-order valence-corrected chi connectivity index (χ4v) is 3.27. The van der Waals surface area contributed by atoms with Gasteiger partial charge in [0.1, 0.15) is 5.60 Å². The molecule has 2 saturated heterocycles. The summed E-state index contributed by atoms with van der Waals surface area (Å²) in [5.74, 6) is 1.35. The van der Waals surface area contributed by atoms with Gasteiger partial charge in [-0.1, -0.05) is 19.0 Å². The van der Waals surface area contributed by atoms with Gasteiger partial charge in [0, 0.05) is 39.7 Å². The summed E-state index contributed by atoms with van der Waals surface area (Å²) in [6.45, 7) is 8.85. The lowest BCUT2D eigenvalue weighted by Crippen LogP contribution is -2.36. The maximum atomic E-state index is 5.70. The van der Waals surface area contributed by atoms with Gasteiger partial charge < -0.3 is 14.0 Å². The first-order valence-corrected chi connectivity index (χ1v) is 7.71. The van der Waals surface area contributed by atoms with E-state index in [4.69, 9.17) is 14.0 Å². The maximum absolute atomic E-state index is 5.70. The van der Waals surface area contributed by atoms with Crippen LogP contribution < -0.4 is 0 Å². The Morgan fingerprint density at radius 1 is 1.24 bits per heavy atom. The number of methoxy groups -OCH3 is 1. The monoisotopic (exact) mass is 295 g/mol. The molecule has 0 unspecified atom stereocenters. The van der Waals surface area contributed by atoms with Gasteiger partial charge in [0.25, 0.3) is 0 Å². The third kappa shape index (κ3) is 3.12. The van der Waals surface area contributed by atoms with Crippen LogP contribution in [0.1, 0.15) is 44.8 Å². The van der Waals surface area contributed by atoms with Crippen molar-refractivity contribution in [2.45, 2.75) is 45.3 Å². The molecule has 1 aromatic heterocycles. The van der Waals surface area contributed by atoms with Crippen molar-refractivity contribution in [1.82, 2.24) is 15.0 Å². The second-order valence-electron chi connectivity index (χ2n) is 6.95. The van der Waals surface area contributed by atoms with Gasteiger partial charge in [0.05, 0.1) is 6.54 Å². The van der Waals surface area contributed by atoms with Gasteiger partial charge in [0.2, 0.25) is 11.7 Å². The Kier molecular flexibility index (Phi) is 4.03. The summed E-state index contributed by atoms with van der Waals surface area (Å²) in [5.41, 5.74) is -0.0540. The Bertz CT molecular complexity index is 480. The van der Waals surface area contributed by atoms with E-state index < -0.39 is 5.60 Å². The van der Waals surface area contributed by atoms with Gasteiger partial charge in [-0.05, 0) is 18.4 Å². The second-order valence-corrected chi connectivity index (χ2v) is 6.95. The maximum Gasteiger partial charge on any atom is 0.240 e. The first-order valence-electron chi connectivity index (χ1n) is 7.71. The molecule has 0 N–H and O–H groups in total. The Morgan fingerprint density at radius 2 is 2.00 bits per heavy atom. The van der Waals surface area contributed by atoms with E-state index >= 15 is 0 Å². The van der Waals surface area contributed by atoms with Crippen molar-refractivity contribution in [3.8, 4) is 0 Å². The molecule has 0 atom stereocenters. The van der Waals surface area contributed by atoms with Crippen LogP contribution in [0.4, 0.5) is 0 Å². The first kappa shape index (κ1) is 14.9. The predicted octanol–water partition coefficient (Wildman–Crippen LogP) is 1.95. The molecule has 2 aliphatic rings. The standard InChI is InChI=1S/C15H25N3O3/c1-14(2)4-7-18(11-14)10-12-16-13(17-21-12)15(19-3)5-8-20-9-6-15/h4-11H2,1-3H3. The van der Waals surface area contributed by atoms with Crippen molar-refractivity contribution in [1.29, 1.82) is 0 Å². The summed E-state index contributed by atoms with van der Waals surface area (Å²) in [4.78, 5) is 6.96. The molecule has 0 amide bonds. The fourth-order valence-electron chi connectivity index (χ4n) is 3.27. The van der Waals surface area contributed by atoms with Crippen LogP contribution in [0.25, 0.3) is 0 Å². The smallest absolute Gasteiger partial charge is 0.240 e. The quantitative estimate of drug-likeness (QED) is 0.846.